The summed E-state index contributed by atoms with van der Waals surface area (Å²) in [6.45, 7) is 4.39. The lowest BCUT2D eigenvalue weighted by atomic mass is 9.87. The molecule has 0 N–H and O–H groups in total. The van der Waals surface area contributed by atoms with E-state index >= 15 is 0 Å². The van der Waals surface area contributed by atoms with Gasteiger partial charge in [-0.25, -0.2) is 0 Å². The summed E-state index contributed by atoms with van der Waals surface area (Å²) in [5, 5.41) is 9.13. The molecule has 112 valence electrons. The van der Waals surface area contributed by atoms with Gasteiger partial charge in [-0.1, -0.05) is 0 Å². The first kappa shape index (κ1) is 14.6. The van der Waals surface area contributed by atoms with Gasteiger partial charge in [0.25, 0.3) is 0 Å². The third-order valence-electron chi connectivity index (χ3n) is 4.88. The van der Waals surface area contributed by atoms with Crippen molar-refractivity contribution >= 4 is 5.69 Å². The van der Waals surface area contributed by atoms with Gasteiger partial charge in [0.1, 0.15) is 5.75 Å². The molecule has 0 aliphatic heterocycles. The Morgan fingerprint density at radius 1 is 0.818 bits per heavy atom. The zero-order chi connectivity index (χ0) is 15.7. The molecule has 0 unspecified atom stereocenters. The summed E-state index contributed by atoms with van der Waals surface area (Å²) in [5.41, 5.74) is 8.63. The second-order valence-electron chi connectivity index (χ2n) is 6.06. The Morgan fingerprint density at radius 3 is 1.59 bits per heavy atom. The Kier molecular flexibility index (Phi) is 3.85. The highest BCUT2D eigenvalue weighted by atomic mass is 16.5. The summed E-state index contributed by atoms with van der Waals surface area (Å²) in [4.78, 5) is 3.40. The van der Waals surface area contributed by atoms with Gasteiger partial charge in [0.2, 0.25) is 5.39 Å². The molecule has 3 rings (SSSR count). The molecule has 2 aromatic rings. The Labute approximate surface area is 131 Å². The summed E-state index contributed by atoms with van der Waals surface area (Å²) in [5.74, 6) is 0.947. The van der Waals surface area contributed by atoms with Crippen LogP contribution in [0.1, 0.15) is 33.4 Å². The second-order valence-corrected chi connectivity index (χ2v) is 6.06. The molecule has 0 spiro atoms. The first-order chi connectivity index (χ1) is 10.6. The van der Waals surface area contributed by atoms with Gasteiger partial charge in [0.15, 0.2) is 4.98 Å². The first-order valence-electron chi connectivity index (χ1n) is 7.76. The molecule has 22 heavy (non-hydrogen) atoms. The number of hydrogen-bond donors (Lipinski definition) is 0. The number of nitrogens with zero attached hydrogens (tertiary/aromatic N) is 2. The van der Waals surface area contributed by atoms with Gasteiger partial charge in [-0.15, -0.1) is 0 Å². The van der Waals surface area contributed by atoms with Gasteiger partial charge < -0.3 is 4.74 Å². The quantitative estimate of drug-likeness (QED) is 0.716. The van der Waals surface area contributed by atoms with Crippen molar-refractivity contribution in [3.8, 4) is 5.75 Å². The fourth-order valence-electron chi connectivity index (χ4n) is 3.38. The number of fused-ring (bicyclic) bond motifs is 4. The minimum absolute atomic E-state index is 0.661. The minimum Gasteiger partial charge on any atom is -0.497 e. The topological polar surface area (TPSA) is 37.4 Å². The lowest BCUT2D eigenvalue weighted by Gasteiger charge is -2.18. The Balaban J connectivity index is 2.10. The van der Waals surface area contributed by atoms with E-state index in [1.807, 2.05) is 12.1 Å². The number of benzene rings is 2. The van der Waals surface area contributed by atoms with Gasteiger partial charge in [-0.3, -0.25) is 0 Å². The fourth-order valence-corrected chi connectivity index (χ4v) is 3.38. The van der Waals surface area contributed by atoms with Crippen molar-refractivity contribution in [2.45, 2.75) is 39.5 Å². The van der Waals surface area contributed by atoms with E-state index in [9.17, 15) is 0 Å². The average molecular weight is 293 g/mol. The van der Waals surface area contributed by atoms with Crippen molar-refractivity contribution in [2.24, 2.45) is 0 Å². The SMILES string of the molecule is COc1cc2c(C)c(c1)CCc1cc([N+]#N)cc(c1C)CC2. The average Bonchev–Trinajstić information content (AvgIpc) is 2.53. The van der Waals surface area contributed by atoms with E-state index in [4.69, 9.17) is 10.1 Å². The van der Waals surface area contributed by atoms with Gasteiger partial charge in [-0.2, -0.15) is 0 Å². The Bertz CT molecular complexity index is 721. The maximum absolute atomic E-state index is 9.13. The van der Waals surface area contributed by atoms with Gasteiger partial charge in [-0.05, 0) is 85.0 Å². The molecule has 0 fully saturated rings. The molecule has 4 bridgehead atoms. The Hall–Kier alpha value is -2.34. The van der Waals surface area contributed by atoms with Crippen LogP contribution >= 0.6 is 0 Å². The predicted octanol–water partition coefficient (Wildman–Crippen LogP) is 4.68. The molecule has 0 atom stereocenters. The van der Waals surface area contributed by atoms with Crippen molar-refractivity contribution in [1.82, 2.24) is 0 Å². The van der Waals surface area contributed by atoms with E-state index in [2.05, 4.69) is 31.0 Å². The van der Waals surface area contributed by atoms with Crippen molar-refractivity contribution in [1.29, 1.82) is 5.39 Å². The standard InChI is InChI=1S/C19H21N2O/c1-12-14-4-6-16-10-19(22-3)11-17(13(16)2)7-5-15(12)9-18(8-14)21-20/h8-11H,4-7H2,1-3H3/q+1. The normalized spacial score (nSPS) is 13.4. The van der Waals surface area contributed by atoms with E-state index in [0.29, 0.717) is 5.69 Å². The largest absolute Gasteiger partial charge is 0.497 e. The van der Waals surface area contributed by atoms with Crippen LogP contribution in [0, 0.1) is 19.2 Å². The van der Waals surface area contributed by atoms with Crippen LogP contribution in [0.15, 0.2) is 24.3 Å². The first-order valence-corrected chi connectivity index (χ1v) is 7.76. The lowest BCUT2D eigenvalue weighted by molar-refractivity contribution is 0.413. The molecule has 3 nitrogen and oxygen atoms in total. The monoisotopic (exact) mass is 293 g/mol. The fraction of sp³-hybridized carbons (Fsp3) is 0.368. The van der Waals surface area contributed by atoms with Crippen LogP contribution in [0.2, 0.25) is 0 Å². The lowest BCUT2D eigenvalue weighted by Crippen LogP contribution is -2.06. The predicted molar refractivity (Wildman–Crippen MR) is 88.5 cm³/mol. The van der Waals surface area contributed by atoms with Crippen molar-refractivity contribution in [3.63, 3.8) is 0 Å². The van der Waals surface area contributed by atoms with E-state index in [0.717, 1.165) is 31.4 Å². The summed E-state index contributed by atoms with van der Waals surface area (Å²) < 4.78 is 5.46. The maximum atomic E-state index is 9.13. The van der Waals surface area contributed by atoms with Gasteiger partial charge >= 0.3 is 5.69 Å². The van der Waals surface area contributed by atoms with E-state index in [1.54, 1.807) is 7.11 Å². The van der Waals surface area contributed by atoms with Crippen LogP contribution in [-0.4, -0.2) is 7.11 Å². The summed E-state index contributed by atoms with van der Waals surface area (Å²) >= 11 is 0. The third kappa shape index (κ3) is 2.57. The Morgan fingerprint density at radius 2 is 1.23 bits per heavy atom. The number of aryl methyl sites for hydroxylation is 4. The zero-order valence-corrected chi connectivity index (χ0v) is 13.4. The maximum Gasteiger partial charge on any atom is 0.385 e. The van der Waals surface area contributed by atoms with Crippen LogP contribution in [0.5, 0.6) is 5.75 Å². The number of hydrogen-bond acceptors (Lipinski definition) is 2. The van der Waals surface area contributed by atoms with Crippen LogP contribution in [-0.2, 0) is 25.7 Å². The van der Waals surface area contributed by atoms with E-state index in [1.165, 1.54) is 33.4 Å². The second kappa shape index (κ2) is 5.81. The van der Waals surface area contributed by atoms with Crippen LogP contribution in [0.4, 0.5) is 5.69 Å². The molecular formula is C19H21N2O+. The molecule has 1 aliphatic carbocycles. The molecule has 0 radical (unpaired) electrons. The molecule has 1 aliphatic rings. The molecular weight excluding hydrogens is 272 g/mol. The van der Waals surface area contributed by atoms with Crippen molar-refractivity contribution in [3.05, 3.63) is 62.6 Å². The molecule has 3 heteroatoms. The highest BCUT2D eigenvalue weighted by molar-refractivity contribution is 5.54. The van der Waals surface area contributed by atoms with Gasteiger partial charge in [0, 0.05) is 12.1 Å². The number of diazo groups is 1. The highest BCUT2D eigenvalue weighted by Gasteiger charge is 2.17. The van der Waals surface area contributed by atoms with E-state index in [-0.39, 0.29) is 0 Å². The molecule has 2 aromatic carbocycles. The molecule has 0 amide bonds. The number of methoxy groups -OCH3 is 1. The van der Waals surface area contributed by atoms with Gasteiger partial charge in [0.05, 0.1) is 7.11 Å². The molecule has 0 saturated carbocycles. The smallest absolute Gasteiger partial charge is 0.385 e. The summed E-state index contributed by atoms with van der Waals surface area (Å²) in [7, 11) is 1.73. The molecule has 0 saturated heterocycles. The van der Waals surface area contributed by atoms with E-state index < -0.39 is 0 Å². The number of ether oxygens (including phenoxy) is 1. The third-order valence-corrected chi connectivity index (χ3v) is 4.88. The summed E-state index contributed by atoms with van der Waals surface area (Å²) in [6.07, 6.45) is 3.86. The number of rotatable bonds is 1. The highest BCUT2D eigenvalue weighted by Crippen LogP contribution is 2.30. The summed E-state index contributed by atoms with van der Waals surface area (Å²) in [6, 6.07) is 8.29. The zero-order valence-electron chi connectivity index (χ0n) is 13.4. The van der Waals surface area contributed by atoms with Crippen molar-refractivity contribution in [2.75, 3.05) is 7.11 Å². The van der Waals surface area contributed by atoms with Crippen LogP contribution < -0.4 is 4.74 Å². The molecule has 0 aromatic heterocycles. The molecule has 0 heterocycles. The minimum atomic E-state index is 0.661. The van der Waals surface area contributed by atoms with Crippen LogP contribution in [0.25, 0.3) is 4.98 Å². The van der Waals surface area contributed by atoms with Crippen LogP contribution in [0.3, 0.4) is 0 Å². The van der Waals surface area contributed by atoms with Crippen molar-refractivity contribution < 1.29 is 4.74 Å².